The summed E-state index contributed by atoms with van der Waals surface area (Å²) < 4.78 is 5.38. The summed E-state index contributed by atoms with van der Waals surface area (Å²) in [5.74, 6) is 2.13. The third kappa shape index (κ3) is 2.31. The number of pyridine rings is 1. The minimum atomic E-state index is 0.255. The van der Waals surface area contributed by atoms with Gasteiger partial charge in [-0.2, -0.15) is 4.98 Å². The Morgan fingerprint density at radius 3 is 2.95 bits per heavy atom. The van der Waals surface area contributed by atoms with Gasteiger partial charge in [-0.1, -0.05) is 5.16 Å². The van der Waals surface area contributed by atoms with E-state index in [1.807, 2.05) is 19.2 Å². The lowest BCUT2D eigenvalue weighted by Crippen LogP contribution is -2.17. The van der Waals surface area contributed by atoms with Crippen molar-refractivity contribution in [3.63, 3.8) is 0 Å². The van der Waals surface area contributed by atoms with Crippen LogP contribution in [-0.4, -0.2) is 40.7 Å². The molecule has 1 unspecified atom stereocenters. The molecule has 0 aromatic carbocycles. The first-order chi connectivity index (χ1) is 9.28. The average Bonchev–Trinajstić information content (AvgIpc) is 3.07. The van der Waals surface area contributed by atoms with E-state index in [0.29, 0.717) is 11.7 Å². The molecule has 1 aliphatic rings. The number of rotatable bonds is 3. The molecule has 0 saturated carbocycles. The molecule has 6 nitrogen and oxygen atoms in total. The number of aromatic nitrogens is 3. The van der Waals surface area contributed by atoms with Crippen LogP contribution in [0, 0.1) is 0 Å². The van der Waals surface area contributed by atoms with Crippen molar-refractivity contribution in [3.05, 3.63) is 24.2 Å². The molecule has 0 bridgehead atoms. The van der Waals surface area contributed by atoms with Crippen LogP contribution in [0.5, 0.6) is 0 Å². The second-order valence-corrected chi connectivity index (χ2v) is 4.78. The van der Waals surface area contributed by atoms with Crippen LogP contribution in [0.25, 0.3) is 11.4 Å². The van der Waals surface area contributed by atoms with E-state index < -0.39 is 0 Å². The fourth-order valence-corrected chi connectivity index (χ4v) is 2.38. The van der Waals surface area contributed by atoms with Crippen molar-refractivity contribution in [2.75, 3.05) is 26.0 Å². The zero-order valence-corrected chi connectivity index (χ0v) is 11.1. The van der Waals surface area contributed by atoms with Crippen molar-refractivity contribution >= 4 is 5.82 Å². The van der Waals surface area contributed by atoms with Crippen LogP contribution in [0.15, 0.2) is 22.9 Å². The van der Waals surface area contributed by atoms with Crippen LogP contribution in [0.2, 0.25) is 0 Å². The first kappa shape index (κ1) is 12.1. The molecule has 0 radical (unpaired) electrons. The average molecular weight is 259 g/mol. The zero-order valence-electron chi connectivity index (χ0n) is 11.1. The lowest BCUT2D eigenvalue weighted by Gasteiger charge is -2.14. The van der Waals surface area contributed by atoms with Gasteiger partial charge >= 0.3 is 0 Å². The van der Waals surface area contributed by atoms with Gasteiger partial charge in [-0.3, -0.25) is 4.90 Å². The highest BCUT2D eigenvalue weighted by molar-refractivity contribution is 5.55. The molecular weight excluding hydrogens is 242 g/mol. The van der Waals surface area contributed by atoms with Crippen molar-refractivity contribution in [3.8, 4) is 11.4 Å². The normalized spacial score (nSPS) is 19.8. The lowest BCUT2D eigenvalue weighted by molar-refractivity contribution is 0.245. The van der Waals surface area contributed by atoms with Gasteiger partial charge in [0.2, 0.25) is 11.7 Å². The van der Waals surface area contributed by atoms with Crippen LogP contribution >= 0.6 is 0 Å². The van der Waals surface area contributed by atoms with Crippen molar-refractivity contribution in [2.24, 2.45) is 0 Å². The highest BCUT2D eigenvalue weighted by atomic mass is 16.5. The van der Waals surface area contributed by atoms with E-state index in [2.05, 4.69) is 32.4 Å². The first-order valence-electron chi connectivity index (χ1n) is 6.46. The Hall–Kier alpha value is -1.95. The predicted octanol–water partition coefficient (Wildman–Crippen LogP) is 1.94. The molecule has 0 spiro atoms. The highest BCUT2D eigenvalue weighted by Crippen LogP contribution is 2.30. The van der Waals surface area contributed by atoms with Crippen LogP contribution in [0.3, 0.4) is 0 Å². The van der Waals surface area contributed by atoms with Crippen molar-refractivity contribution in [2.45, 2.75) is 18.9 Å². The Bertz CT molecular complexity index is 550. The van der Waals surface area contributed by atoms with Gasteiger partial charge in [0, 0.05) is 18.8 Å². The Kier molecular flexibility index (Phi) is 3.16. The summed E-state index contributed by atoms with van der Waals surface area (Å²) in [5.41, 5.74) is 0.870. The summed E-state index contributed by atoms with van der Waals surface area (Å²) >= 11 is 0. The quantitative estimate of drug-likeness (QED) is 0.908. The van der Waals surface area contributed by atoms with Gasteiger partial charge in [0.1, 0.15) is 5.82 Å². The van der Waals surface area contributed by atoms with E-state index in [1.54, 1.807) is 6.20 Å². The van der Waals surface area contributed by atoms with E-state index in [0.717, 1.165) is 24.3 Å². The van der Waals surface area contributed by atoms with Crippen LogP contribution in [0.1, 0.15) is 24.8 Å². The monoisotopic (exact) mass is 259 g/mol. The number of nitrogens with zero attached hydrogens (tertiary/aromatic N) is 4. The second kappa shape index (κ2) is 4.97. The maximum Gasteiger partial charge on any atom is 0.244 e. The summed E-state index contributed by atoms with van der Waals surface area (Å²) in [4.78, 5) is 11.0. The van der Waals surface area contributed by atoms with Gasteiger partial charge in [-0.25, -0.2) is 4.98 Å². The Labute approximate surface area is 111 Å². The molecule has 3 heterocycles. The van der Waals surface area contributed by atoms with Gasteiger partial charge in [0.15, 0.2) is 0 Å². The summed E-state index contributed by atoms with van der Waals surface area (Å²) in [6, 6.07) is 4.09. The molecule has 19 heavy (non-hydrogen) atoms. The number of anilines is 1. The number of likely N-dealkylation sites (tertiary alicyclic amines) is 1. The summed E-state index contributed by atoms with van der Waals surface area (Å²) in [5, 5.41) is 7.03. The molecule has 6 heteroatoms. The van der Waals surface area contributed by atoms with Crippen molar-refractivity contribution in [1.29, 1.82) is 0 Å². The fraction of sp³-hybridized carbons (Fsp3) is 0.462. The maximum absolute atomic E-state index is 5.38. The molecule has 1 saturated heterocycles. The molecule has 100 valence electrons. The van der Waals surface area contributed by atoms with E-state index in [4.69, 9.17) is 4.52 Å². The maximum atomic E-state index is 5.38. The molecule has 1 aliphatic heterocycles. The number of hydrogen-bond donors (Lipinski definition) is 1. The molecule has 1 fully saturated rings. The van der Waals surface area contributed by atoms with Gasteiger partial charge in [0.05, 0.1) is 6.04 Å². The van der Waals surface area contributed by atoms with Gasteiger partial charge in [0.25, 0.3) is 0 Å². The Balaban J connectivity index is 1.83. The van der Waals surface area contributed by atoms with Gasteiger partial charge in [-0.05, 0) is 38.6 Å². The SMILES string of the molecule is CNc1ccc(-c2noc(C3CCCN3C)n2)cn1. The van der Waals surface area contributed by atoms with E-state index >= 15 is 0 Å². The van der Waals surface area contributed by atoms with Crippen LogP contribution in [-0.2, 0) is 0 Å². The van der Waals surface area contributed by atoms with Gasteiger partial charge < -0.3 is 9.84 Å². The predicted molar refractivity (Wildman–Crippen MR) is 71.7 cm³/mol. The summed E-state index contributed by atoms with van der Waals surface area (Å²) in [7, 11) is 3.93. The summed E-state index contributed by atoms with van der Waals surface area (Å²) in [6.07, 6.45) is 4.01. The van der Waals surface area contributed by atoms with Crippen molar-refractivity contribution < 1.29 is 4.52 Å². The molecule has 1 N–H and O–H groups in total. The highest BCUT2D eigenvalue weighted by Gasteiger charge is 2.27. The topological polar surface area (TPSA) is 67.1 Å². The van der Waals surface area contributed by atoms with Crippen LogP contribution in [0.4, 0.5) is 5.82 Å². The van der Waals surface area contributed by atoms with E-state index in [9.17, 15) is 0 Å². The zero-order chi connectivity index (χ0) is 13.2. The molecule has 1 atom stereocenters. The Morgan fingerprint density at radius 1 is 1.42 bits per heavy atom. The number of hydrogen-bond acceptors (Lipinski definition) is 6. The smallest absolute Gasteiger partial charge is 0.244 e. The first-order valence-corrected chi connectivity index (χ1v) is 6.46. The third-order valence-corrected chi connectivity index (χ3v) is 3.53. The molecule has 0 aliphatic carbocycles. The van der Waals surface area contributed by atoms with E-state index in [1.165, 1.54) is 6.42 Å². The largest absolute Gasteiger partial charge is 0.373 e. The minimum Gasteiger partial charge on any atom is -0.373 e. The standard InChI is InChI=1S/C13H17N5O/c1-14-11-6-5-9(8-15-11)12-16-13(19-17-12)10-4-3-7-18(10)2/h5-6,8,10H,3-4,7H2,1-2H3,(H,14,15). The van der Waals surface area contributed by atoms with E-state index in [-0.39, 0.29) is 6.04 Å². The molecule has 2 aromatic rings. The second-order valence-electron chi connectivity index (χ2n) is 4.78. The fourth-order valence-electron chi connectivity index (χ4n) is 2.38. The van der Waals surface area contributed by atoms with Gasteiger partial charge in [-0.15, -0.1) is 0 Å². The molecular formula is C13H17N5O. The molecule has 3 rings (SSSR count). The number of nitrogens with one attached hydrogen (secondary N) is 1. The van der Waals surface area contributed by atoms with Crippen molar-refractivity contribution in [1.82, 2.24) is 20.0 Å². The van der Waals surface area contributed by atoms with Crippen LogP contribution < -0.4 is 5.32 Å². The summed E-state index contributed by atoms with van der Waals surface area (Å²) in [6.45, 7) is 1.08. The molecule has 0 amide bonds. The third-order valence-electron chi connectivity index (χ3n) is 3.53. The Morgan fingerprint density at radius 2 is 2.32 bits per heavy atom. The minimum absolute atomic E-state index is 0.255. The molecule has 2 aromatic heterocycles. The lowest BCUT2D eigenvalue weighted by atomic mass is 10.2.